The maximum Gasteiger partial charge on any atom is 0.272 e. The van der Waals surface area contributed by atoms with Gasteiger partial charge in [-0.15, -0.1) is 0 Å². The summed E-state index contributed by atoms with van der Waals surface area (Å²) in [6.45, 7) is 3.73. The van der Waals surface area contributed by atoms with Crippen molar-refractivity contribution in [3.05, 3.63) is 74.8 Å². The number of halogens is 1. The number of pyridine rings is 1. The molecule has 0 saturated carbocycles. The van der Waals surface area contributed by atoms with Crippen LogP contribution in [0.5, 0.6) is 0 Å². The molecule has 1 aromatic carbocycles. The van der Waals surface area contributed by atoms with Crippen molar-refractivity contribution < 1.29 is 4.79 Å². The molecule has 0 atom stereocenters. The third-order valence-corrected chi connectivity index (χ3v) is 5.18. The summed E-state index contributed by atoms with van der Waals surface area (Å²) in [6, 6.07) is 10.6. The summed E-state index contributed by atoms with van der Waals surface area (Å²) in [5, 5.41) is 3.83. The van der Waals surface area contributed by atoms with E-state index in [9.17, 15) is 9.59 Å². The molecule has 27 heavy (non-hydrogen) atoms. The van der Waals surface area contributed by atoms with Gasteiger partial charge >= 0.3 is 0 Å². The molecule has 0 spiro atoms. The molecule has 0 fully saturated rings. The largest absolute Gasteiger partial charge is 0.324 e. The zero-order chi connectivity index (χ0) is 19.3. The van der Waals surface area contributed by atoms with E-state index in [-0.39, 0.29) is 11.5 Å². The van der Waals surface area contributed by atoms with E-state index in [1.807, 2.05) is 19.9 Å². The molecule has 136 valence electrons. The van der Waals surface area contributed by atoms with Gasteiger partial charge in [0.15, 0.2) is 0 Å². The van der Waals surface area contributed by atoms with Crippen molar-refractivity contribution >= 4 is 39.9 Å². The third-order valence-electron chi connectivity index (χ3n) is 4.77. The number of nitrogens with one attached hydrogen (secondary N) is 1. The highest BCUT2D eigenvalue weighted by Crippen LogP contribution is 2.24. The van der Waals surface area contributed by atoms with E-state index < -0.39 is 0 Å². The number of fused-ring (bicyclic) bond motifs is 2. The molecule has 0 saturated heterocycles. The molecule has 3 heterocycles. The van der Waals surface area contributed by atoms with Crippen molar-refractivity contribution in [1.82, 2.24) is 14.0 Å². The molecule has 6 nitrogen and oxygen atoms in total. The molecule has 0 aliphatic rings. The molecule has 4 rings (SSSR count). The Balaban J connectivity index is 1.86. The van der Waals surface area contributed by atoms with E-state index in [1.165, 1.54) is 4.40 Å². The Morgan fingerprint density at radius 1 is 1.15 bits per heavy atom. The van der Waals surface area contributed by atoms with E-state index in [1.54, 1.807) is 48.1 Å². The van der Waals surface area contributed by atoms with Gasteiger partial charge in [0, 0.05) is 24.0 Å². The second-order valence-electron chi connectivity index (χ2n) is 6.49. The first-order valence-corrected chi connectivity index (χ1v) is 8.80. The molecule has 0 unspecified atom stereocenters. The summed E-state index contributed by atoms with van der Waals surface area (Å²) < 4.78 is 3.14. The van der Waals surface area contributed by atoms with Gasteiger partial charge in [-0.2, -0.15) is 0 Å². The van der Waals surface area contributed by atoms with Crippen LogP contribution in [0.15, 0.2) is 47.4 Å². The number of aromatic nitrogens is 3. The molecule has 1 amide bonds. The third kappa shape index (κ3) is 2.69. The van der Waals surface area contributed by atoms with Gasteiger partial charge in [-0.05, 0) is 49.2 Å². The average Bonchev–Trinajstić information content (AvgIpc) is 2.97. The van der Waals surface area contributed by atoms with Gasteiger partial charge in [-0.3, -0.25) is 14.0 Å². The van der Waals surface area contributed by atoms with Crippen LogP contribution in [0.25, 0.3) is 16.7 Å². The number of carbonyl (C=O) groups excluding carboxylic acids is 1. The number of hydrogen-bond donors (Lipinski definition) is 1. The van der Waals surface area contributed by atoms with Crippen LogP contribution in [0.1, 0.15) is 21.6 Å². The second kappa shape index (κ2) is 6.25. The summed E-state index contributed by atoms with van der Waals surface area (Å²) in [5.74, 6) is -0.328. The summed E-state index contributed by atoms with van der Waals surface area (Å²) in [4.78, 5) is 30.3. The lowest BCUT2D eigenvalue weighted by molar-refractivity contribution is 0.101. The van der Waals surface area contributed by atoms with E-state index in [0.717, 1.165) is 11.1 Å². The van der Waals surface area contributed by atoms with Gasteiger partial charge in [-0.1, -0.05) is 23.7 Å². The summed E-state index contributed by atoms with van der Waals surface area (Å²) in [5.41, 5.74) is 3.50. The zero-order valence-corrected chi connectivity index (χ0v) is 15.8. The van der Waals surface area contributed by atoms with Crippen molar-refractivity contribution in [2.24, 2.45) is 7.05 Å². The van der Waals surface area contributed by atoms with Crippen LogP contribution < -0.4 is 10.9 Å². The quantitative estimate of drug-likeness (QED) is 0.576. The number of rotatable bonds is 2. The van der Waals surface area contributed by atoms with Gasteiger partial charge < -0.3 is 9.88 Å². The molecular weight excluding hydrogens is 364 g/mol. The Labute approximate surface area is 160 Å². The first-order valence-electron chi connectivity index (χ1n) is 8.42. The minimum atomic E-state index is -0.328. The fraction of sp³-hybridized carbons (Fsp3) is 0.150. The fourth-order valence-corrected chi connectivity index (χ4v) is 3.35. The van der Waals surface area contributed by atoms with Crippen molar-refractivity contribution in [1.29, 1.82) is 0 Å². The fourth-order valence-electron chi connectivity index (χ4n) is 3.18. The SMILES string of the molecule is Cc1c(Cl)cccc1NC(=O)c1cc2c(=O)n3cccc(C)c3nc2n1C. The van der Waals surface area contributed by atoms with Gasteiger partial charge in [0.2, 0.25) is 0 Å². The standard InChI is InChI=1S/C20H17ClN4O2/c1-11-6-5-9-25-17(11)23-18-13(20(25)27)10-16(24(18)3)19(26)22-15-8-4-7-14(21)12(15)2/h4-10H,1-3H3,(H,22,26). The number of benzene rings is 1. The minimum Gasteiger partial charge on any atom is -0.324 e. The zero-order valence-electron chi connectivity index (χ0n) is 15.1. The van der Waals surface area contributed by atoms with Gasteiger partial charge in [0.05, 0.1) is 5.39 Å². The molecule has 1 N–H and O–H groups in total. The highest BCUT2D eigenvalue weighted by Gasteiger charge is 2.19. The summed E-state index contributed by atoms with van der Waals surface area (Å²) >= 11 is 6.12. The highest BCUT2D eigenvalue weighted by atomic mass is 35.5. The molecule has 3 aromatic heterocycles. The van der Waals surface area contributed by atoms with E-state index in [2.05, 4.69) is 10.3 Å². The van der Waals surface area contributed by atoms with Crippen LogP contribution in [0.2, 0.25) is 5.02 Å². The normalized spacial score (nSPS) is 11.3. The molecule has 7 heteroatoms. The van der Waals surface area contributed by atoms with Crippen LogP contribution in [-0.4, -0.2) is 19.9 Å². The Bertz CT molecular complexity index is 1290. The van der Waals surface area contributed by atoms with Crippen molar-refractivity contribution in [2.75, 3.05) is 5.32 Å². The van der Waals surface area contributed by atoms with E-state index in [0.29, 0.717) is 33.1 Å². The lowest BCUT2D eigenvalue weighted by Crippen LogP contribution is -2.16. The van der Waals surface area contributed by atoms with Gasteiger partial charge in [0.25, 0.3) is 11.5 Å². The number of hydrogen-bond acceptors (Lipinski definition) is 3. The van der Waals surface area contributed by atoms with Gasteiger partial charge in [0.1, 0.15) is 17.0 Å². The highest BCUT2D eigenvalue weighted by molar-refractivity contribution is 6.31. The average molecular weight is 381 g/mol. The Kier molecular flexibility index (Phi) is 4.00. The van der Waals surface area contributed by atoms with Crippen LogP contribution in [0, 0.1) is 13.8 Å². The molecular formula is C20H17ClN4O2. The minimum absolute atomic E-state index is 0.202. The first kappa shape index (κ1) is 17.3. The van der Waals surface area contributed by atoms with Gasteiger partial charge in [-0.25, -0.2) is 4.98 Å². The smallest absolute Gasteiger partial charge is 0.272 e. The maximum absolute atomic E-state index is 12.8. The molecule has 4 aromatic rings. The lowest BCUT2D eigenvalue weighted by atomic mass is 10.2. The summed E-state index contributed by atoms with van der Waals surface area (Å²) in [7, 11) is 1.73. The molecule has 0 radical (unpaired) electrons. The Morgan fingerprint density at radius 3 is 2.70 bits per heavy atom. The van der Waals surface area contributed by atoms with Crippen molar-refractivity contribution in [3.8, 4) is 0 Å². The molecule has 0 aliphatic heterocycles. The summed E-state index contributed by atoms with van der Waals surface area (Å²) in [6.07, 6.45) is 1.68. The number of anilines is 1. The van der Waals surface area contributed by atoms with Crippen LogP contribution in [-0.2, 0) is 7.05 Å². The maximum atomic E-state index is 12.8. The number of carbonyl (C=O) groups is 1. The van der Waals surface area contributed by atoms with Crippen LogP contribution >= 0.6 is 11.6 Å². The monoisotopic (exact) mass is 380 g/mol. The molecule has 0 aliphatic carbocycles. The van der Waals surface area contributed by atoms with E-state index >= 15 is 0 Å². The number of nitrogens with zero attached hydrogens (tertiary/aromatic N) is 3. The topological polar surface area (TPSA) is 68.4 Å². The predicted molar refractivity (Wildman–Crippen MR) is 107 cm³/mol. The number of amides is 1. The predicted octanol–water partition coefficient (Wildman–Crippen LogP) is 3.71. The van der Waals surface area contributed by atoms with Crippen LogP contribution in [0.3, 0.4) is 0 Å². The van der Waals surface area contributed by atoms with Crippen LogP contribution in [0.4, 0.5) is 5.69 Å². The van der Waals surface area contributed by atoms with E-state index in [4.69, 9.17) is 11.6 Å². The second-order valence-corrected chi connectivity index (χ2v) is 6.90. The lowest BCUT2D eigenvalue weighted by Gasteiger charge is -2.10. The number of aryl methyl sites for hydroxylation is 2. The van der Waals surface area contributed by atoms with Crippen molar-refractivity contribution in [2.45, 2.75) is 13.8 Å². The Hall–Kier alpha value is -3.12. The molecule has 0 bridgehead atoms. The first-order chi connectivity index (χ1) is 12.9. The Morgan fingerprint density at radius 2 is 1.93 bits per heavy atom. The van der Waals surface area contributed by atoms with Crippen molar-refractivity contribution in [3.63, 3.8) is 0 Å².